The first-order valence-electron chi connectivity index (χ1n) is 13.3. The Morgan fingerprint density at radius 1 is 1.11 bits per heavy atom. The molecule has 2 aliphatic rings. The van der Waals surface area contributed by atoms with Crippen molar-refractivity contribution in [3.63, 3.8) is 0 Å². The summed E-state index contributed by atoms with van der Waals surface area (Å²) in [6, 6.07) is 8.54. The average molecular weight is 523 g/mol. The maximum Gasteiger partial charge on any atom is 0.227 e. The van der Waals surface area contributed by atoms with E-state index in [0.29, 0.717) is 24.2 Å². The van der Waals surface area contributed by atoms with E-state index < -0.39 is 6.10 Å². The molecule has 0 radical (unpaired) electrons. The van der Waals surface area contributed by atoms with Crippen LogP contribution in [0, 0.1) is 5.92 Å². The molecule has 2 aliphatic heterocycles. The zero-order valence-corrected chi connectivity index (χ0v) is 23.0. The highest BCUT2D eigenvalue weighted by molar-refractivity contribution is 7.99. The van der Waals surface area contributed by atoms with Crippen molar-refractivity contribution < 1.29 is 9.84 Å². The van der Waals surface area contributed by atoms with Gasteiger partial charge in [-0.2, -0.15) is 16.7 Å². The number of nitrogens with zero attached hydrogens (tertiary/aromatic N) is 5. The Hall–Kier alpha value is -2.62. The molecule has 0 amide bonds. The number of benzene rings is 1. The van der Waals surface area contributed by atoms with Crippen molar-refractivity contribution in [3.8, 4) is 0 Å². The van der Waals surface area contributed by atoms with Gasteiger partial charge >= 0.3 is 0 Å². The second-order valence-corrected chi connectivity index (χ2v) is 11.6. The minimum absolute atomic E-state index is 0.142. The molecular weight excluding hydrogens is 484 g/mol. The number of fused-ring (bicyclic) bond motifs is 1. The van der Waals surface area contributed by atoms with E-state index in [2.05, 4.69) is 54.2 Å². The van der Waals surface area contributed by atoms with Gasteiger partial charge in [-0.15, -0.1) is 0 Å². The van der Waals surface area contributed by atoms with Gasteiger partial charge in [0.2, 0.25) is 5.95 Å². The van der Waals surface area contributed by atoms with Crippen molar-refractivity contribution in [2.24, 2.45) is 5.92 Å². The third kappa shape index (κ3) is 5.63. The minimum Gasteiger partial charge on any atom is -0.389 e. The van der Waals surface area contributed by atoms with Crippen LogP contribution in [0.5, 0.6) is 0 Å². The third-order valence-corrected chi connectivity index (χ3v) is 8.51. The van der Waals surface area contributed by atoms with Gasteiger partial charge < -0.3 is 25.0 Å². The molecule has 2 aromatic heterocycles. The van der Waals surface area contributed by atoms with Crippen molar-refractivity contribution >= 4 is 45.8 Å². The Morgan fingerprint density at radius 2 is 1.95 bits per heavy atom. The number of aromatic nitrogens is 3. The van der Waals surface area contributed by atoms with Crippen molar-refractivity contribution in [2.75, 3.05) is 59.9 Å². The van der Waals surface area contributed by atoms with Gasteiger partial charge in [0.1, 0.15) is 11.6 Å². The van der Waals surface area contributed by atoms with Crippen molar-refractivity contribution in [3.05, 3.63) is 42.2 Å². The normalized spacial score (nSPS) is 20.5. The molecule has 1 aromatic carbocycles. The van der Waals surface area contributed by atoms with Crippen molar-refractivity contribution in [1.29, 1.82) is 0 Å². The van der Waals surface area contributed by atoms with E-state index in [-0.39, 0.29) is 6.10 Å². The first-order valence-corrected chi connectivity index (χ1v) is 14.4. The molecule has 2 saturated heterocycles. The predicted octanol–water partition coefficient (Wildman–Crippen LogP) is 4.67. The molecule has 4 heterocycles. The summed E-state index contributed by atoms with van der Waals surface area (Å²) in [5.74, 6) is 5.64. The fraction of sp³-hybridized carbons (Fsp3) is 0.536. The number of thioether (sulfide) groups is 1. The Morgan fingerprint density at radius 3 is 2.68 bits per heavy atom. The Bertz CT molecular complexity index is 1220. The fourth-order valence-electron chi connectivity index (χ4n) is 5.32. The smallest absolute Gasteiger partial charge is 0.227 e. The van der Waals surface area contributed by atoms with E-state index in [9.17, 15) is 5.11 Å². The van der Waals surface area contributed by atoms with Crippen LogP contribution in [0.25, 0.3) is 10.8 Å². The van der Waals surface area contributed by atoms with Crippen molar-refractivity contribution in [2.45, 2.75) is 45.3 Å². The average Bonchev–Trinajstić information content (AvgIpc) is 2.87. The predicted molar refractivity (Wildman–Crippen MR) is 153 cm³/mol. The zero-order chi connectivity index (χ0) is 25.9. The number of hydrogen-bond donors (Lipinski definition) is 2. The van der Waals surface area contributed by atoms with Crippen LogP contribution in [0.3, 0.4) is 0 Å². The van der Waals surface area contributed by atoms with Crippen LogP contribution in [-0.2, 0) is 4.74 Å². The number of ether oxygens (including phenoxy) is 1. The van der Waals surface area contributed by atoms with Crippen LogP contribution in [0.1, 0.15) is 38.7 Å². The molecule has 5 rings (SSSR count). The SMILES string of the molecule is CCSCC1CN(c2ccc(C(C)C)c3cc(Nc4ccnc(N5CCC(OC)C(O)C5)n4)ncc23)C1. The molecule has 2 atom stereocenters. The summed E-state index contributed by atoms with van der Waals surface area (Å²) >= 11 is 2.03. The summed E-state index contributed by atoms with van der Waals surface area (Å²) in [6.07, 6.45) is 3.78. The summed E-state index contributed by atoms with van der Waals surface area (Å²) in [7, 11) is 1.64. The van der Waals surface area contributed by atoms with Crippen molar-refractivity contribution in [1.82, 2.24) is 15.0 Å². The molecular formula is C28H38N6O2S. The molecule has 0 bridgehead atoms. The maximum absolute atomic E-state index is 10.4. The number of nitrogens with one attached hydrogen (secondary N) is 1. The summed E-state index contributed by atoms with van der Waals surface area (Å²) < 4.78 is 5.36. The first kappa shape index (κ1) is 26.0. The number of piperidine rings is 1. The number of methoxy groups -OCH3 is 1. The van der Waals surface area contributed by atoms with E-state index in [1.54, 1.807) is 13.3 Å². The van der Waals surface area contributed by atoms with Gasteiger partial charge in [-0.1, -0.05) is 26.8 Å². The minimum atomic E-state index is -0.558. The lowest BCUT2D eigenvalue weighted by molar-refractivity contribution is -0.0219. The highest BCUT2D eigenvalue weighted by Gasteiger charge is 2.29. The fourth-order valence-corrected chi connectivity index (χ4v) is 6.10. The standard InChI is InChI=1S/C28H38N6O2S/c1-5-37-17-19-14-34(15-19)23-7-6-20(18(2)3)21-12-27(30-13-22(21)23)31-26-8-10-29-28(32-26)33-11-9-25(36-4)24(35)16-33/h6-8,10,12-13,18-19,24-25,35H,5,9,11,14-17H2,1-4H3,(H,29,30,31,32). The molecule has 8 nitrogen and oxygen atoms in total. The van der Waals surface area contributed by atoms with Crippen LogP contribution < -0.4 is 15.1 Å². The summed E-state index contributed by atoms with van der Waals surface area (Å²) in [4.78, 5) is 18.4. The van der Waals surface area contributed by atoms with E-state index in [1.807, 2.05) is 28.9 Å². The molecule has 0 aliphatic carbocycles. The molecule has 3 aromatic rings. The monoisotopic (exact) mass is 522 g/mol. The Labute approximate surface area is 223 Å². The lowest BCUT2D eigenvalue weighted by Crippen LogP contribution is -2.48. The van der Waals surface area contributed by atoms with Crippen LogP contribution in [0.4, 0.5) is 23.3 Å². The van der Waals surface area contributed by atoms with Crippen LogP contribution in [0.15, 0.2) is 36.7 Å². The number of pyridine rings is 1. The van der Waals surface area contributed by atoms with Gasteiger partial charge in [0.25, 0.3) is 0 Å². The maximum atomic E-state index is 10.4. The lowest BCUT2D eigenvalue weighted by atomic mass is 9.93. The number of hydrogen-bond acceptors (Lipinski definition) is 9. The highest BCUT2D eigenvalue weighted by Crippen LogP contribution is 2.37. The quantitative estimate of drug-likeness (QED) is 0.416. The van der Waals surface area contributed by atoms with E-state index >= 15 is 0 Å². The van der Waals surface area contributed by atoms with Gasteiger partial charge in [-0.25, -0.2) is 9.97 Å². The molecule has 37 heavy (non-hydrogen) atoms. The number of aliphatic hydroxyl groups excluding tert-OH is 1. The molecule has 2 N–H and O–H groups in total. The second-order valence-electron chi connectivity index (χ2n) is 10.3. The van der Waals surface area contributed by atoms with Gasteiger partial charge in [0, 0.05) is 62.7 Å². The Kier molecular flexibility index (Phi) is 8.02. The molecule has 2 unspecified atom stereocenters. The van der Waals surface area contributed by atoms with Gasteiger partial charge in [-0.3, -0.25) is 0 Å². The van der Waals surface area contributed by atoms with E-state index in [0.717, 1.165) is 37.8 Å². The number of anilines is 4. The van der Waals surface area contributed by atoms with E-state index in [4.69, 9.17) is 14.7 Å². The molecule has 2 fully saturated rings. The molecule has 0 saturated carbocycles. The van der Waals surface area contributed by atoms with E-state index in [1.165, 1.54) is 33.5 Å². The van der Waals surface area contributed by atoms with Crippen LogP contribution >= 0.6 is 11.8 Å². The molecule has 9 heteroatoms. The lowest BCUT2D eigenvalue weighted by Gasteiger charge is -2.41. The number of rotatable bonds is 9. The summed E-state index contributed by atoms with van der Waals surface area (Å²) in [5, 5.41) is 16.2. The Balaban J connectivity index is 1.36. The summed E-state index contributed by atoms with van der Waals surface area (Å²) in [6.45, 7) is 10.1. The van der Waals surface area contributed by atoms with Gasteiger partial charge in [0.05, 0.1) is 12.2 Å². The zero-order valence-electron chi connectivity index (χ0n) is 22.2. The number of aliphatic hydroxyl groups is 1. The summed E-state index contributed by atoms with van der Waals surface area (Å²) in [5.41, 5.74) is 2.60. The van der Waals surface area contributed by atoms with Crippen LogP contribution in [-0.4, -0.2) is 77.1 Å². The van der Waals surface area contributed by atoms with Crippen LogP contribution in [0.2, 0.25) is 0 Å². The van der Waals surface area contributed by atoms with Gasteiger partial charge in [0.15, 0.2) is 0 Å². The molecule has 0 spiro atoms. The van der Waals surface area contributed by atoms with Gasteiger partial charge in [-0.05, 0) is 53.0 Å². The second kappa shape index (κ2) is 11.4. The third-order valence-electron chi connectivity index (χ3n) is 7.39. The number of β-amino-alcohol motifs (C(OH)–C–C–N with tert-alkyl or cyclic N) is 1. The first-order chi connectivity index (χ1) is 18.0. The topological polar surface area (TPSA) is 86.6 Å². The highest BCUT2D eigenvalue weighted by atomic mass is 32.2. The largest absolute Gasteiger partial charge is 0.389 e. The molecule has 198 valence electrons.